The van der Waals surface area contributed by atoms with Gasteiger partial charge >= 0.3 is 6.18 Å². The second-order valence-corrected chi connectivity index (χ2v) is 7.93. The zero-order valence-electron chi connectivity index (χ0n) is 16.4. The average Bonchev–Trinajstić information content (AvgIpc) is 2.72. The van der Waals surface area contributed by atoms with E-state index < -0.39 is 17.7 Å². The molecule has 1 saturated carbocycles. The normalized spacial score (nSPS) is 20.8. The van der Waals surface area contributed by atoms with E-state index in [0.29, 0.717) is 24.3 Å². The summed E-state index contributed by atoms with van der Waals surface area (Å²) in [6, 6.07) is 15.1. The minimum absolute atomic E-state index is 0.0245. The molecule has 5 heteroatoms. The molecule has 0 heterocycles. The van der Waals surface area contributed by atoms with Crippen LogP contribution in [0.5, 0.6) is 0 Å². The molecule has 3 rings (SSSR count). The van der Waals surface area contributed by atoms with Crippen LogP contribution < -0.4 is 0 Å². The van der Waals surface area contributed by atoms with Crippen LogP contribution in [0.25, 0.3) is 0 Å². The number of halogens is 3. The van der Waals surface area contributed by atoms with Gasteiger partial charge in [0.15, 0.2) is 0 Å². The van der Waals surface area contributed by atoms with E-state index in [4.69, 9.17) is 0 Å². The number of hydrogen-bond acceptors (Lipinski definition) is 2. The van der Waals surface area contributed by atoms with E-state index in [1.807, 2.05) is 18.2 Å². The molecule has 29 heavy (non-hydrogen) atoms. The van der Waals surface area contributed by atoms with Crippen LogP contribution in [0.3, 0.4) is 0 Å². The predicted octanol–water partition coefficient (Wildman–Crippen LogP) is 6.00. The number of carbonyl (C=O) groups excluding carboxylic acids is 2. The third kappa shape index (κ3) is 5.34. The summed E-state index contributed by atoms with van der Waals surface area (Å²) in [5.41, 5.74) is 0.880. The maximum absolute atomic E-state index is 13.0. The standard InChI is InChI=1S/C24H25F3O2/c1-16(28)22(15-17-6-5-9-21(14-17)24(25,26)27)23(29)20-12-10-19(11-13-20)18-7-3-2-4-8-18/h2-9,14,19-20,22H,10-13,15H2,1H3. The molecule has 2 nitrogen and oxygen atoms in total. The fraction of sp³-hybridized carbons (Fsp3) is 0.417. The van der Waals surface area contributed by atoms with Gasteiger partial charge in [-0.15, -0.1) is 0 Å². The minimum Gasteiger partial charge on any atom is -0.299 e. The number of Topliss-reactive ketones (excluding diaryl/α,β-unsaturated/α-hetero) is 2. The topological polar surface area (TPSA) is 34.1 Å². The van der Waals surface area contributed by atoms with Crippen molar-refractivity contribution >= 4 is 11.6 Å². The molecule has 0 aliphatic heterocycles. The smallest absolute Gasteiger partial charge is 0.299 e. The Kier molecular flexibility index (Phi) is 6.56. The Morgan fingerprint density at radius 2 is 1.62 bits per heavy atom. The highest BCUT2D eigenvalue weighted by molar-refractivity contribution is 6.02. The first-order chi connectivity index (χ1) is 13.8. The molecule has 0 radical (unpaired) electrons. The molecule has 0 bridgehead atoms. The molecule has 1 fully saturated rings. The van der Waals surface area contributed by atoms with Crippen LogP contribution in [-0.4, -0.2) is 11.6 Å². The number of benzene rings is 2. The molecule has 1 unspecified atom stereocenters. The Labute approximate surface area is 169 Å². The summed E-state index contributed by atoms with van der Waals surface area (Å²) in [5.74, 6) is -1.06. The molecule has 0 spiro atoms. The fourth-order valence-electron chi connectivity index (χ4n) is 4.28. The maximum atomic E-state index is 13.0. The van der Waals surface area contributed by atoms with E-state index >= 15 is 0 Å². The molecule has 2 aromatic rings. The van der Waals surface area contributed by atoms with Crippen molar-refractivity contribution < 1.29 is 22.8 Å². The van der Waals surface area contributed by atoms with Crippen LogP contribution >= 0.6 is 0 Å². The second kappa shape index (κ2) is 8.93. The van der Waals surface area contributed by atoms with Gasteiger partial charge in [0.2, 0.25) is 0 Å². The zero-order chi connectivity index (χ0) is 21.0. The Morgan fingerprint density at radius 1 is 0.966 bits per heavy atom. The summed E-state index contributed by atoms with van der Waals surface area (Å²) in [5, 5.41) is 0. The van der Waals surface area contributed by atoms with Gasteiger partial charge in [0, 0.05) is 5.92 Å². The number of alkyl halides is 3. The lowest BCUT2D eigenvalue weighted by Crippen LogP contribution is -2.32. The van der Waals surface area contributed by atoms with Gasteiger partial charge in [-0.2, -0.15) is 13.2 Å². The SMILES string of the molecule is CC(=O)C(Cc1cccc(C(F)(F)F)c1)C(=O)C1CCC(c2ccccc2)CC1. The summed E-state index contributed by atoms with van der Waals surface area (Å²) < 4.78 is 38.9. The van der Waals surface area contributed by atoms with E-state index in [9.17, 15) is 22.8 Å². The molecule has 1 aliphatic carbocycles. The quantitative estimate of drug-likeness (QED) is 0.556. The Hall–Kier alpha value is -2.43. The molecule has 2 aromatic carbocycles. The van der Waals surface area contributed by atoms with Crippen molar-refractivity contribution in [2.24, 2.45) is 11.8 Å². The summed E-state index contributed by atoms with van der Waals surface area (Å²) in [4.78, 5) is 25.2. The average molecular weight is 402 g/mol. The lowest BCUT2D eigenvalue weighted by molar-refractivity contribution is -0.137. The van der Waals surface area contributed by atoms with Crippen molar-refractivity contribution in [3.05, 3.63) is 71.3 Å². The first kappa shape index (κ1) is 21.3. The van der Waals surface area contributed by atoms with Crippen LogP contribution in [-0.2, 0) is 22.2 Å². The van der Waals surface area contributed by atoms with Crippen molar-refractivity contribution in [3.8, 4) is 0 Å². The highest BCUT2D eigenvalue weighted by Crippen LogP contribution is 2.37. The zero-order valence-corrected chi connectivity index (χ0v) is 16.4. The Morgan fingerprint density at radius 3 is 2.21 bits per heavy atom. The van der Waals surface area contributed by atoms with Crippen molar-refractivity contribution in [2.45, 2.75) is 51.1 Å². The molecule has 0 N–H and O–H groups in total. The fourth-order valence-corrected chi connectivity index (χ4v) is 4.28. The Balaban J connectivity index is 1.67. The van der Waals surface area contributed by atoms with Crippen LogP contribution in [0.4, 0.5) is 13.2 Å². The molecular weight excluding hydrogens is 377 g/mol. The highest BCUT2D eigenvalue weighted by atomic mass is 19.4. The van der Waals surface area contributed by atoms with Crippen molar-refractivity contribution in [3.63, 3.8) is 0 Å². The Bertz CT molecular complexity index is 850. The van der Waals surface area contributed by atoms with Crippen LogP contribution in [0.2, 0.25) is 0 Å². The van der Waals surface area contributed by atoms with E-state index in [2.05, 4.69) is 12.1 Å². The van der Waals surface area contributed by atoms with Gasteiger partial charge < -0.3 is 0 Å². The van der Waals surface area contributed by atoms with Gasteiger partial charge in [-0.25, -0.2) is 0 Å². The summed E-state index contributed by atoms with van der Waals surface area (Å²) in [6.45, 7) is 1.35. The van der Waals surface area contributed by atoms with Crippen molar-refractivity contribution in [2.75, 3.05) is 0 Å². The predicted molar refractivity (Wildman–Crippen MR) is 105 cm³/mol. The third-order valence-corrected chi connectivity index (χ3v) is 5.93. The van der Waals surface area contributed by atoms with E-state index in [1.54, 1.807) is 6.07 Å². The first-order valence-corrected chi connectivity index (χ1v) is 10.0. The van der Waals surface area contributed by atoms with Crippen LogP contribution in [0.15, 0.2) is 54.6 Å². The van der Waals surface area contributed by atoms with Gasteiger partial charge in [0.05, 0.1) is 11.5 Å². The molecule has 1 aliphatic rings. The molecular formula is C24H25F3O2. The highest BCUT2D eigenvalue weighted by Gasteiger charge is 2.34. The van der Waals surface area contributed by atoms with E-state index in [1.165, 1.54) is 18.6 Å². The maximum Gasteiger partial charge on any atom is 0.416 e. The number of hydrogen-bond donors (Lipinski definition) is 0. The summed E-state index contributed by atoms with van der Waals surface area (Å²) in [6.07, 6.45) is -1.23. The number of carbonyl (C=O) groups is 2. The lowest BCUT2D eigenvalue weighted by Gasteiger charge is -2.30. The minimum atomic E-state index is -4.44. The molecule has 154 valence electrons. The third-order valence-electron chi connectivity index (χ3n) is 5.93. The van der Waals surface area contributed by atoms with Gasteiger partial charge in [-0.1, -0.05) is 48.5 Å². The largest absolute Gasteiger partial charge is 0.416 e. The number of ketones is 2. The lowest BCUT2D eigenvalue weighted by atomic mass is 9.73. The van der Waals surface area contributed by atoms with Crippen molar-refractivity contribution in [1.29, 1.82) is 0 Å². The summed E-state index contributed by atoms with van der Waals surface area (Å²) >= 11 is 0. The van der Waals surface area contributed by atoms with Crippen LogP contribution in [0, 0.1) is 11.8 Å². The summed E-state index contributed by atoms with van der Waals surface area (Å²) in [7, 11) is 0. The molecule has 1 atom stereocenters. The van der Waals surface area contributed by atoms with Crippen molar-refractivity contribution in [1.82, 2.24) is 0 Å². The molecule has 0 aromatic heterocycles. The second-order valence-electron chi connectivity index (χ2n) is 7.93. The van der Waals surface area contributed by atoms with Gasteiger partial charge in [0.1, 0.15) is 11.6 Å². The van der Waals surface area contributed by atoms with Crippen LogP contribution in [0.1, 0.15) is 55.2 Å². The monoisotopic (exact) mass is 402 g/mol. The molecule has 0 amide bonds. The molecule has 0 saturated heterocycles. The van der Waals surface area contributed by atoms with Gasteiger partial charge in [-0.05, 0) is 62.1 Å². The number of rotatable bonds is 6. The van der Waals surface area contributed by atoms with E-state index in [0.717, 1.165) is 25.0 Å². The van der Waals surface area contributed by atoms with E-state index in [-0.39, 0.29) is 23.9 Å². The van der Waals surface area contributed by atoms with Gasteiger partial charge in [0.25, 0.3) is 0 Å². The first-order valence-electron chi connectivity index (χ1n) is 10.0. The van der Waals surface area contributed by atoms with Gasteiger partial charge in [-0.3, -0.25) is 9.59 Å².